The van der Waals surface area contributed by atoms with Crippen LogP contribution in [0.2, 0.25) is 0 Å². The van der Waals surface area contributed by atoms with E-state index in [-0.39, 0.29) is 24.8 Å². The highest BCUT2D eigenvalue weighted by Crippen LogP contribution is 2.18. The van der Waals surface area contributed by atoms with E-state index in [1.54, 1.807) is 7.11 Å². The minimum atomic E-state index is -0.250. The lowest BCUT2D eigenvalue weighted by Crippen LogP contribution is -2.48. The van der Waals surface area contributed by atoms with Crippen LogP contribution < -0.4 is 5.32 Å². The molecule has 0 aromatic carbocycles. The van der Waals surface area contributed by atoms with Crippen LogP contribution >= 0.6 is 0 Å². The predicted molar refractivity (Wildman–Crippen MR) is 106 cm³/mol. The van der Waals surface area contributed by atoms with Gasteiger partial charge < -0.3 is 25.2 Å². The Morgan fingerprint density at radius 3 is 2.25 bits per heavy atom. The summed E-state index contributed by atoms with van der Waals surface area (Å²) in [4.78, 5) is 34.0. The number of rotatable bonds is 7. The van der Waals surface area contributed by atoms with Crippen molar-refractivity contribution < 1.29 is 29.3 Å². The molecule has 0 aromatic heterocycles. The summed E-state index contributed by atoms with van der Waals surface area (Å²) in [6.45, 7) is 8.64. The Morgan fingerprint density at radius 1 is 1.11 bits per heavy atom. The Balaban J connectivity index is 0.00000108. The molecule has 9 heteroatoms. The third-order valence-electron chi connectivity index (χ3n) is 5.24. The van der Waals surface area contributed by atoms with Gasteiger partial charge in [0, 0.05) is 32.2 Å². The fraction of sp³-hybridized carbons (Fsp3) is 0.842. The zero-order valence-electron chi connectivity index (χ0n) is 17.2. The molecule has 1 unspecified atom stereocenters. The molecule has 2 rings (SSSR count). The second-order valence-corrected chi connectivity index (χ2v) is 6.84. The van der Waals surface area contributed by atoms with Crippen LogP contribution in [-0.4, -0.2) is 97.9 Å². The van der Waals surface area contributed by atoms with Crippen LogP contribution in [0.15, 0.2) is 0 Å². The molecule has 1 atom stereocenters. The van der Waals surface area contributed by atoms with Crippen LogP contribution in [0.3, 0.4) is 0 Å². The van der Waals surface area contributed by atoms with Gasteiger partial charge in [-0.25, -0.2) is 0 Å². The van der Waals surface area contributed by atoms with E-state index in [2.05, 4.69) is 22.0 Å². The first kappa shape index (κ1) is 26.3. The van der Waals surface area contributed by atoms with Gasteiger partial charge in [-0.05, 0) is 51.9 Å². The van der Waals surface area contributed by atoms with Gasteiger partial charge in [-0.15, -0.1) is 0 Å². The zero-order valence-corrected chi connectivity index (χ0v) is 17.2. The maximum absolute atomic E-state index is 12.4. The highest BCUT2D eigenvalue weighted by molar-refractivity contribution is 5.78. The Hall–Kier alpha value is -1.71. The number of nitrogens with zero attached hydrogens (tertiary/aromatic N) is 2. The average molecular weight is 404 g/mol. The van der Waals surface area contributed by atoms with E-state index in [0.717, 1.165) is 52.2 Å². The van der Waals surface area contributed by atoms with Gasteiger partial charge in [-0.1, -0.05) is 13.3 Å². The number of amides is 1. The number of carbonyl (C=O) groups excluding carboxylic acids is 1. The molecule has 2 heterocycles. The third kappa shape index (κ3) is 11.2. The van der Waals surface area contributed by atoms with E-state index in [9.17, 15) is 4.79 Å². The van der Waals surface area contributed by atoms with Crippen LogP contribution in [-0.2, 0) is 19.1 Å². The van der Waals surface area contributed by atoms with Crippen LogP contribution in [0.5, 0.6) is 0 Å². The van der Waals surface area contributed by atoms with E-state index < -0.39 is 0 Å². The van der Waals surface area contributed by atoms with Crippen molar-refractivity contribution in [2.24, 2.45) is 5.92 Å². The largest absolute Gasteiger partial charge is 0.483 e. The van der Waals surface area contributed by atoms with Gasteiger partial charge in [0.25, 0.3) is 12.9 Å². The molecule has 2 saturated heterocycles. The summed E-state index contributed by atoms with van der Waals surface area (Å²) in [7, 11) is 1.74. The SMILES string of the molecule is CCN1CCCCC1CNC(=O)C1CCN(CCOC)CC1.O=CO.O=CO. The number of ether oxygens (including phenoxy) is 1. The van der Waals surface area contributed by atoms with Crippen molar-refractivity contribution in [3.05, 3.63) is 0 Å². The number of likely N-dealkylation sites (tertiary alicyclic amines) is 2. The molecular weight excluding hydrogens is 366 g/mol. The van der Waals surface area contributed by atoms with Crippen LogP contribution in [0.4, 0.5) is 0 Å². The molecule has 0 radical (unpaired) electrons. The molecule has 2 fully saturated rings. The highest BCUT2D eigenvalue weighted by atomic mass is 16.5. The minimum Gasteiger partial charge on any atom is -0.483 e. The molecule has 28 heavy (non-hydrogen) atoms. The van der Waals surface area contributed by atoms with Crippen molar-refractivity contribution in [1.82, 2.24) is 15.1 Å². The summed E-state index contributed by atoms with van der Waals surface area (Å²) in [5.41, 5.74) is 0. The van der Waals surface area contributed by atoms with Gasteiger partial charge in [-0.2, -0.15) is 0 Å². The van der Waals surface area contributed by atoms with Crippen molar-refractivity contribution in [3.8, 4) is 0 Å². The second-order valence-electron chi connectivity index (χ2n) is 6.84. The van der Waals surface area contributed by atoms with E-state index in [4.69, 9.17) is 24.5 Å². The van der Waals surface area contributed by atoms with Crippen molar-refractivity contribution >= 4 is 18.9 Å². The van der Waals surface area contributed by atoms with Crippen molar-refractivity contribution in [3.63, 3.8) is 0 Å². The molecule has 0 spiro atoms. The van der Waals surface area contributed by atoms with Crippen LogP contribution in [0, 0.1) is 5.92 Å². The smallest absolute Gasteiger partial charge is 0.290 e. The number of carboxylic acid groups (broad SMARTS) is 2. The first-order chi connectivity index (χ1) is 13.6. The Morgan fingerprint density at radius 2 is 1.71 bits per heavy atom. The molecular formula is C19H37N3O6. The molecule has 0 bridgehead atoms. The number of hydrogen-bond donors (Lipinski definition) is 3. The maximum atomic E-state index is 12.4. The molecule has 2 aliphatic rings. The zero-order chi connectivity index (χ0) is 21.2. The lowest BCUT2D eigenvalue weighted by Gasteiger charge is -2.36. The Kier molecular flexibility index (Phi) is 16.3. The minimum absolute atomic E-state index is 0.206. The number of hydrogen-bond acceptors (Lipinski definition) is 6. The molecule has 0 saturated carbocycles. The maximum Gasteiger partial charge on any atom is 0.290 e. The average Bonchev–Trinajstić information content (AvgIpc) is 2.72. The van der Waals surface area contributed by atoms with E-state index in [1.807, 2.05) is 0 Å². The molecule has 2 aliphatic heterocycles. The van der Waals surface area contributed by atoms with Gasteiger partial charge in [0.05, 0.1) is 6.61 Å². The highest BCUT2D eigenvalue weighted by Gasteiger charge is 2.26. The molecule has 0 aromatic rings. The first-order valence-electron chi connectivity index (χ1n) is 9.96. The van der Waals surface area contributed by atoms with Gasteiger partial charge in [0.2, 0.25) is 5.91 Å². The van der Waals surface area contributed by atoms with Gasteiger partial charge in [0.15, 0.2) is 0 Å². The lowest BCUT2D eigenvalue weighted by molar-refractivity contribution is -0.127. The quantitative estimate of drug-likeness (QED) is 0.533. The van der Waals surface area contributed by atoms with E-state index in [1.165, 1.54) is 25.8 Å². The van der Waals surface area contributed by atoms with E-state index in [0.29, 0.717) is 6.04 Å². The van der Waals surface area contributed by atoms with Gasteiger partial charge in [0.1, 0.15) is 0 Å². The third-order valence-corrected chi connectivity index (χ3v) is 5.24. The summed E-state index contributed by atoms with van der Waals surface area (Å²) >= 11 is 0. The number of nitrogens with one attached hydrogen (secondary N) is 1. The second kappa shape index (κ2) is 17.4. The summed E-state index contributed by atoms with van der Waals surface area (Å²) in [5, 5.41) is 17.0. The lowest BCUT2D eigenvalue weighted by atomic mass is 9.95. The van der Waals surface area contributed by atoms with Crippen LogP contribution in [0.25, 0.3) is 0 Å². The molecule has 1 amide bonds. The fourth-order valence-corrected chi connectivity index (χ4v) is 3.71. The summed E-state index contributed by atoms with van der Waals surface area (Å²) in [5.74, 6) is 0.477. The van der Waals surface area contributed by atoms with E-state index >= 15 is 0 Å². The molecule has 9 nitrogen and oxygen atoms in total. The molecule has 164 valence electrons. The Bertz CT molecular complexity index is 410. The van der Waals surface area contributed by atoms with Crippen molar-refractivity contribution in [2.45, 2.75) is 45.1 Å². The monoisotopic (exact) mass is 403 g/mol. The number of likely N-dealkylation sites (N-methyl/N-ethyl adjacent to an activating group) is 1. The topological polar surface area (TPSA) is 119 Å². The normalized spacial score (nSPS) is 20.7. The van der Waals surface area contributed by atoms with Crippen molar-refractivity contribution in [1.29, 1.82) is 0 Å². The molecule has 3 N–H and O–H groups in total. The Labute approximate surface area is 168 Å². The number of carbonyl (C=O) groups is 3. The summed E-state index contributed by atoms with van der Waals surface area (Å²) < 4.78 is 5.12. The summed E-state index contributed by atoms with van der Waals surface area (Å²) in [6, 6.07) is 0.546. The van der Waals surface area contributed by atoms with Crippen LogP contribution in [0.1, 0.15) is 39.0 Å². The van der Waals surface area contributed by atoms with Gasteiger partial charge >= 0.3 is 0 Å². The number of piperidine rings is 2. The standard InChI is InChI=1S/C17H33N3O2.2CH2O2/c1-3-20-9-5-4-6-16(20)14-18-17(21)15-7-10-19(11-8-15)12-13-22-2;2*2-1-3/h15-16H,3-14H2,1-2H3,(H,18,21);2*1H,(H,2,3). The predicted octanol–water partition coefficient (Wildman–Crippen LogP) is 0.737. The van der Waals surface area contributed by atoms with Gasteiger partial charge in [-0.3, -0.25) is 19.3 Å². The first-order valence-corrected chi connectivity index (χ1v) is 9.96. The summed E-state index contributed by atoms with van der Waals surface area (Å²) in [6.07, 6.45) is 5.80. The molecule has 0 aliphatic carbocycles. The number of methoxy groups -OCH3 is 1. The van der Waals surface area contributed by atoms with Crippen molar-refractivity contribution in [2.75, 3.05) is 53.0 Å². The fourth-order valence-electron chi connectivity index (χ4n) is 3.71.